The molecule has 4 aliphatic rings. The van der Waals surface area contributed by atoms with Crippen LogP contribution in [0.3, 0.4) is 0 Å². The number of pyridine rings is 1. The Hall–Kier alpha value is -2.58. The second kappa shape index (κ2) is 11.1. The number of halogens is 2. The molecule has 3 heterocycles. The number of nitrogens with zero attached hydrogens (tertiary/aromatic N) is 4. The van der Waals surface area contributed by atoms with Crippen LogP contribution in [0.15, 0.2) is 40.5 Å². The van der Waals surface area contributed by atoms with E-state index in [4.69, 9.17) is 27.9 Å². The van der Waals surface area contributed by atoms with E-state index in [9.17, 15) is 14.4 Å². The fourth-order valence-electron chi connectivity index (χ4n) is 5.99. The van der Waals surface area contributed by atoms with Gasteiger partial charge in [0.25, 0.3) is 0 Å². The second-order valence-electron chi connectivity index (χ2n) is 11.7. The van der Waals surface area contributed by atoms with Gasteiger partial charge in [-0.3, -0.25) is 14.6 Å². The van der Waals surface area contributed by atoms with Crippen LogP contribution in [0, 0.1) is 30.1 Å². The van der Waals surface area contributed by atoms with E-state index in [2.05, 4.69) is 4.98 Å². The van der Waals surface area contributed by atoms with Crippen LogP contribution in [0.5, 0.6) is 5.75 Å². The van der Waals surface area contributed by atoms with Crippen molar-refractivity contribution in [1.82, 2.24) is 19.7 Å². The van der Waals surface area contributed by atoms with E-state index in [1.165, 1.54) is 6.20 Å². The lowest BCUT2D eigenvalue weighted by atomic mass is 9.83. The molecule has 3 amide bonds. The molecule has 8 nitrogen and oxygen atoms in total. The van der Waals surface area contributed by atoms with Gasteiger partial charge in [-0.05, 0) is 57.1 Å². The van der Waals surface area contributed by atoms with Crippen LogP contribution in [0.1, 0.15) is 44.7 Å². The predicted molar refractivity (Wildman–Crippen MR) is 149 cm³/mol. The van der Waals surface area contributed by atoms with E-state index in [0.29, 0.717) is 61.3 Å². The molecule has 0 spiro atoms. The maximum atomic E-state index is 13.7. The van der Waals surface area contributed by atoms with Crippen molar-refractivity contribution in [2.45, 2.75) is 52.0 Å². The molecule has 2 aliphatic heterocycles. The summed E-state index contributed by atoms with van der Waals surface area (Å²) in [5.74, 6) is 0.557. The molecule has 3 atom stereocenters. The van der Waals surface area contributed by atoms with Crippen molar-refractivity contribution in [1.29, 1.82) is 0 Å². The molecule has 0 bridgehead atoms. The quantitative estimate of drug-likeness (QED) is 0.496. The summed E-state index contributed by atoms with van der Waals surface area (Å²) >= 11 is 12.6. The lowest BCUT2D eigenvalue weighted by Crippen LogP contribution is -2.47. The number of hydrogen-bond acceptors (Lipinski definition) is 5. The van der Waals surface area contributed by atoms with Crippen molar-refractivity contribution >= 4 is 41.1 Å². The number of hydrogen-bond donors (Lipinski definition) is 0. The molecule has 0 radical (unpaired) electrons. The molecule has 1 aromatic heterocycles. The number of amides is 3. The monoisotopic (exact) mass is 574 g/mol. The zero-order chi connectivity index (χ0) is 27.9. The SMILES string of the molecule is Cc1ccc(OC(=O)N(C)[C@@H]2CN(C(=O)C3CCN(C(=O)C4(C)CC4)CC3)C[C@H]2C2C=C(Cl)C(Cl)=CC2)cn1. The van der Waals surface area contributed by atoms with E-state index < -0.39 is 6.09 Å². The Labute approximate surface area is 239 Å². The van der Waals surface area contributed by atoms with Gasteiger partial charge in [0.2, 0.25) is 11.8 Å². The third-order valence-corrected chi connectivity index (χ3v) is 9.66. The van der Waals surface area contributed by atoms with Crippen molar-refractivity contribution in [2.24, 2.45) is 23.2 Å². The van der Waals surface area contributed by atoms with E-state index in [-0.39, 0.29) is 41.0 Å². The Morgan fingerprint density at radius 3 is 2.41 bits per heavy atom. The molecule has 5 rings (SSSR count). The van der Waals surface area contributed by atoms with Gasteiger partial charge in [-0.2, -0.15) is 0 Å². The Bertz CT molecular complexity index is 1190. The molecule has 0 aromatic carbocycles. The van der Waals surface area contributed by atoms with Crippen molar-refractivity contribution in [3.63, 3.8) is 0 Å². The van der Waals surface area contributed by atoms with Crippen LogP contribution in [0.2, 0.25) is 0 Å². The summed E-state index contributed by atoms with van der Waals surface area (Å²) in [5.41, 5.74) is 0.643. The highest BCUT2D eigenvalue weighted by molar-refractivity contribution is 6.44. The largest absolute Gasteiger partial charge is 0.415 e. The van der Waals surface area contributed by atoms with E-state index >= 15 is 0 Å². The van der Waals surface area contributed by atoms with Gasteiger partial charge in [0, 0.05) is 56.2 Å². The minimum atomic E-state index is -0.496. The van der Waals surface area contributed by atoms with Gasteiger partial charge in [-0.1, -0.05) is 42.3 Å². The summed E-state index contributed by atoms with van der Waals surface area (Å²) in [4.78, 5) is 49.2. The number of likely N-dealkylation sites (tertiary alicyclic amines) is 2. The van der Waals surface area contributed by atoms with Crippen molar-refractivity contribution < 1.29 is 19.1 Å². The summed E-state index contributed by atoms with van der Waals surface area (Å²) in [6, 6.07) is 3.25. The van der Waals surface area contributed by atoms with Gasteiger partial charge < -0.3 is 19.4 Å². The van der Waals surface area contributed by atoms with E-state index in [1.54, 1.807) is 24.1 Å². The smallest absolute Gasteiger partial charge is 0.409 e. The summed E-state index contributed by atoms with van der Waals surface area (Å²) in [5, 5.41) is 1.02. The number of piperidine rings is 1. The standard InChI is InChI=1S/C29H36Cl2N4O4/c1-18-4-6-21(15-32-18)39-28(38)33(3)25-17-35(16-22(25)20-5-7-23(30)24(31)14-20)26(36)19-8-12-34(13-9-19)27(37)29(2)10-11-29/h4,6-7,14-15,19-20,22,25H,5,8-13,16-17H2,1-3H3/t20?,22-,25+/m0/s1. The van der Waals surface area contributed by atoms with E-state index in [0.717, 1.165) is 18.5 Å². The summed E-state index contributed by atoms with van der Waals surface area (Å²) in [6.45, 7) is 6.06. The maximum absolute atomic E-state index is 13.7. The molecule has 210 valence electrons. The molecule has 0 N–H and O–H groups in total. The summed E-state index contributed by atoms with van der Waals surface area (Å²) < 4.78 is 5.61. The highest BCUT2D eigenvalue weighted by Crippen LogP contribution is 2.47. The number of rotatable bonds is 5. The number of aromatic nitrogens is 1. The van der Waals surface area contributed by atoms with Gasteiger partial charge in [-0.25, -0.2) is 4.79 Å². The number of allylic oxidation sites excluding steroid dienone is 4. The highest BCUT2D eigenvalue weighted by Gasteiger charge is 2.48. The molecule has 1 unspecified atom stereocenters. The topological polar surface area (TPSA) is 83.0 Å². The van der Waals surface area contributed by atoms with Gasteiger partial charge in [0.15, 0.2) is 5.75 Å². The molecule has 1 saturated carbocycles. The normalized spacial score (nSPS) is 26.5. The fraction of sp³-hybridized carbons (Fsp3) is 0.586. The average molecular weight is 576 g/mol. The Balaban J connectivity index is 1.27. The third kappa shape index (κ3) is 5.97. The van der Waals surface area contributed by atoms with Gasteiger partial charge >= 0.3 is 6.09 Å². The highest BCUT2D eigenvalue weighted by atomic mass is 35.5. The van der Waals surface area contributed by atoms with E-state index in [1.807, 2.05) is 35.8 Å². The summed E-state index contributed by atoms with van der Waals surface area (Å²) in [7, 11) is 1.72. The number of ether oxygens (including phenoxy) is 1. The number of likely N-dealkylation sites (N-methyl/N-ethyl adjacent to an activating group) is 1. The van der Waals surface area contributed by atoms with Gasteiger partial charge in [-0.15, -0.1) is 0 Å². The zero-order valence-corrected chi connectivity index (χ0v) is 24.2. The first-order chi connectivity index (χ1) is 18.6. The lowest BCUT2D eigenvalue weighted by molar-refractivity contribution is -0.142. The molecule has 2 aliphatic carbocycles. The molecular formula is C29H36Cl2N4O4. The summed E-state index contributed by atoms with van der Waals surface area (Å²) in [6.07, 6.45) is 8.81. The molecule has 10 heteroatoms. The average Bonchev–Trinajstić information content (AvgIpc) is 3.53. The van der Waals surface area contributed by atoms with Crippen molar-refractivity contribution in [2.75, 3.05) is 33.2 Å². The third-order valence-electron chi connectivity index (χ3n) is 8.87. The number of carbonyl (C=O) groups is 3. The number of aryl methyl sites for hydroxylation is 1. The van der Waals surface area contributed by atoms with Crippen LogP contribution < -0.4 is 4.74 Å². The minimum absolute atomic E-state index is 0.0258. The lowest BCUT2D eigenvalue weighted by Gasteiger charge is -2.34. The first kappa shape index (κ1) is 28.0. The second-order valence-corrected chi connectivity index (χ2v) is 12.5. The van der Waals surface area contributed by atoms with Crippen LogP contribution in [0.25, 0.3) is 0 Å². The first-order valence-corrected chi connectivity index (χ1v) is 14.5. The number of carbonyl (C=O) groups excluding carboxylic acids is 3. The van der Waals surface area contributed by atoms with Crippen LogP contribution in [-0.4, -0.2) is 76.9 Å². The Morgan fingerprint density at radius 2 is 1.79 bits per heavy atom. The minimum Gasteiger partial charge on any atom is -0.409 e. The molecule has 3 fully saturated rings. The first-order valence-electron chi connectivity index (χ1n) is 13.7. The van der Waals surface area contributed by atoms with Crippen LogP contribution in [-0.2, 0) is 9.59 Å². The molecule has 39 heavy (non-hydrogen) atoms. The van der Waals surface area contributed by atoms with Crippen molar-refractivity contribution in [3.8, 4) is 5.75 Å². The molecular weight excluding hydrogens is 539 g/mol. The zero-order valence-electron chi connectivity index (χ0n) is 22.7. The predicted octanol–water partition coefficient (Wildman–Crippen LogP) is 4.95. The van der Waals surface area contributed by atoms with Crippen LogP contribution >= 0.6 is 23.2 Å². The Kier molecular flexibility index (Phi) is 7.98. The Morgan fingerprint density at radius 1 is 1.08 bits per heavy atom. The fourth-order valence-corrected chi connectivity index (χ4v) is 6.38. The molecule has 2 saturated heterocycles. The van der Waals surface area contributed by atoms with Crippen LogP contribution in [0.4, 0.5) is 4.79 Å². The van der Waals surface area contributed by atoms with Gasteiger partial charge in [0.1, 0.15) is 0 Å². The maximum Gasteiger partial charge on any atom is 0.415 e. The van der Waals surface area contributed by atoms with Gasteiger partial charge in [0.05, 0.1) is 22.3 Å². The van der Waals surface area contributed by atoms with Crippen molar-refractivity contribution in [3.05, 3.63) is 46.2 Å². The molecule has 1 aromatic rings.